The van der Waals surface area contributed by atoms with Crippen LogP contribution in [-0.2, 0) is 4.79 Å². The smallest absolute Gasteiger partial charge is 0.227 e. The molecule has 24 heavy (non-hydrogen) atoms. The number of anilines is 2. The molecule has 2 aromatic rings. The van der Waals surface area contributed by atoms with Crippen LogP contribution >= 0.6 is 24.0 Å². The van der Waals surface area contributed by atoms with E-state index in [2.05, 4.69) is 20.2 Å². The number of hydrogen-bond acceptors (Lipinski definition) is 4. The van der Waals surface area contributed by atoms with Crippen LogP contribution in [0.1, 0.15) is 25.7 Å². The molecule has 1 aliphatic heterocycles. The largest absolute Gasteiger partial charge is 0.368 e. The number of nitrogens with one attached hydrogen (secondary N) is 2. The normalized spacial score (nSPS) is 20.8. The van der Waals surface area contributed by atoms with E-state index in [9.17, 15) is 4.79 Å². The highest BCUT2D eigenvalue weighted by atomic mass is 35.5. The molecule has 0 spiro atoms. The maximum absolute atomic E-state index is 12.1. The summed E-state index contributed by atoms with van der Waals surface area (Å²) in [5.41, 5.74) is 8.52. The first-order valence-corrected chi connectivity index (χ1v) is 8.48. The number of pyridine rings is 1. The lowest BCUT2D eigenvalue weighted by Gasteiger charge is -2.33. The molecular formula is C16H21Cl2N5O. The average Bonchev–Trinajstić information content (AvgIpc) is 3.31. The Hall–Kier alpha value is -1.50. The number of piperidine rings is 1. The molecule has 1 saturated heterocycles. The number of halogens is 2. The van der Waals surface area contributed by atoms with Crippen molar-refractivity contribution in [3.63, 3.8) is 0 Å². The minimum Gasteiger partial charge on any atom is -0.368 e. The van der Waals surface area contributed by atoms with Crippen LogP contribution in [0.15, 0.2) is 12.4 Å². The van der Waals surface area contributed by atoms with Crippen molar-refractivity contribution in [2.45, 2.75) is 31.7 Å². The van der Waals surface area contributed by atoms with Crippen molar-refractivity contribution in [2.24, 2.45) is 11.7 Å². The number of aromatic nitrogens is 2. The molecule has 1 saturated carbocycles. The first-order valence-electron chi connectivity index (χ1n) is 8.10. The predicted molar refractivity (Wildman–Crippen MR) is 99.1 cm³/mol. The van der Waals surface area contributed by atoms with Crippen molar-refractivity contribution in [1.29, 1.82) is 0 Å². The van der Waals surface area contributed by atoms with E-state index in [0.717, 1.165) is 61.2 Å². The van der Waals surface area contributed by atoms with Gasteiger partial charge in [-0.2, -0.15) is 0 Å². The molecule has 0 radical (unpaired) electrons. The van der Waals surface area contributed by atoms with E-state index in [1.807, 2.05) is 0 Å². The second kappa shape index (κ2) is 6.78. The number of rotatable bonds is 3. The Morgan fingerprint density at radius 1 is 1.42 bits per heavy atom. The topological polar surface area (TPSA) is 87.0 Å². The van der Waals surface area contributed by atoms with Crippen molar-refractivity contribution < 1.29 is 4.79 Å². The fourth-order valence-corrected chi connectivity index (χ4v) is 3.52. The number of H-pyrrole nitrogens is 1. The van der Waals surface area contributed by atoms with Crippen LogP contribution in [0.2, 0.25) is 5.02 Å². The van der Waals surface area contributed by atoms with E-state index < -0.39 is 0 Å². The van der Waals surface area contributed by atoms with E-state index in [1.54, 1.807) is 12.4 Å². The number of nitrogens with two attached hydrogens (primary N) is 1. The molecule has 0 unspecified atom stereocenters. The van der Waals surface area contributed by atoms with Crippen LogP contribution in [0.3, 0.4) is 0 Å². The number of carbonyl (C=O) groups excluding carboxylic acids is 1. The Balaban J connectivity index is 0.00000169. The van der Waals surface area contributed by atoms with Crippen molar-refractivity contribution >= 4 is 52.3 Å². The van der Waals surface area contributed by atoms with E-state index in [-0.39, 0.29) is 30.3 Å². The van der Waals surface area contributed by atoms with Gasteiger partial charge in [0.15, 0.2) is 0 Å². The van der Waals surface area contributed by atoms with Gasteiger partial charge in [-0.05, 0) is 25.7 Å². The van der Waals surface area contributed by atoms with E-state index in [4.69, 9.17) is 17.3 Å². The van der Waals surface area contributed by atoms with Crippen LogP contribution in [-0.4, -0.2) is 35.0 Å². The zero-order chi connectivity index (χ0) is 16.0. The van der Waals surface area contributed by atoms with Gasteiger partial charge in [-0.3, -0.25) is 4.79 Å². The predicted octanol–water partition coefficient (Wildman–Crippen LogP) is 2.91. The molecule has 1 amide bonds. The molecule has 2 aliphatic rings. The fourth-order valence-electron chi connectivity index (χ4n) is 3.26. The van der Waals surface area contributed by atoms with Gasteiger partial charge in [0.05, 0.1) is 28.0 Å². The second-order valence-electron chi connectivity index (χ2n) is 6.49. The number of aromatic amines is 1. The molecule has 8 heteroatoms. The quantitative estimate of drug-likeness (QED) is 0.775. The van der Waals surface area contributed by atoms with Crippen LogP contribution in [0, 0.1) is 5.92 Å². The van der Waals surface area contributed by atoms with Crippen molar-refractivity contribution in [3.8, 4) is 0 Å². The molecule has 130 valence electrons. The van der Waals surface area contributed by atoms with Crippen LogP contribution in [0.25, 0.3) is 11.0 Å². The number of nitrogens with zero attached hydrogens (tertiary/aromatic N) is 2. The van der Waals surface area contributed by atoms with Gasteiger partial charge in [0.1, 0.15) is 5.65 Å². The Labute approximate surface area is 151 Å². The van der Waals surface area contributed by atoms with Gasteiger partial charge in [0.25, 0.3) is 0 Å². The molecule has 0 aromatic carbocycles. The Morgan fingerprint density at radius 3 is 2.92 bits per heavy atom. The van der Waals surface area contributed by atoms with E-state index >= 15 is 0 Å². The van der Waals surface area contributed by atoms with Crippen molar-refractivity contribution in [2.75, 3.05) is 23.3 Å². The summed E-state index contributed by atoms with van der Waals surface area (Å²) < 4.78 is 0. The molecule has 3 heterocycles. The lowest BCUT2D eigenvalue weighted by molar-refractivity contribution is -0.117. The van der Waals surface area contributed by atoms with Gasteiger partial charge in [0.2, 0.25) is 5.91 Å². The minimum atomic E-state index is 0. The zero-order valence-electron chi connectivity index (χ0n) is 13.2. The van der Waals surface area contributed by atoms with Crippen LogP contribution in [0.5, 0.6) is 0 Å². The summed E-state index contributed by atoms with van der Waals surface area (Å²) >= 11 is 6.45. The minimum absolute atomic E-state index is 0. The van der Waals surface area contributed by atoms with Gasteiger partial charge < -0.3 is 20.9 Å². The van der Waals surface area contributed by atoms with Gasteiger partial charge in [0, 0.05) is 31.2 Å². The summed E-state index contributed by atoms with van der Waals surface area (Å²) in [6, 6.07) is 0.145. The third kappa shape index (κ3) is 3.18. The highest BCUT2D eigenvalue weighted by Crippen LogP contribution is 2.39. The Morgan fingerprint density at radius 2 is 2.21 bits per heavy atom. The SMILES string of the molecule is Cl.N[C@@H]1CCCN(c2c(Cl)cnc3[nH]cc(NC(=O)C4CC4)c23)C1. The lowest BCUT2D eigenvalue weighted by Crippen LogP contribution is -2.43. The first kappa shape index (κ1) is 17.3. The molecule has 1 aliphatic carbocycles. The Bertz CT molecular complexity index is 758. The zero-order valence-corrected chi connectivity index (χ0v) is 14.8. The lowest BCUT2D eigenvalue weighted by atomic mass is 10.1. The molecule has 6 nitrogen and oxygen atoms in total. The molecule has 4 N–H and O–H groups in total. The Kier molecular flexibility index (Phi) is 4.90. The third-order valence-electron chi connectivity index (χ3n) is 4.61. The van der Waals surface area contributed by atoms with Gasteiger partial charge in [-0.15, -0.1) is 12.4 Å². The van der Waals surface area contributed by atoms with Crippen molar-refractivity contribution in [1.82, 2.24) is 9.97 Å². The van der Waals surface area contributed by atoms with Crippen LogP contribution < -0.4 is 16.0 Å². The summed E-state index contributed by atoms with van der Waals surface area (Å²) in [5, 5.41) is 4.48. The molecule has 4 rings (SSSR count). The second-order valence-corrected chi connectivity index (χ2v) is 6.90. The standard InChI is InChI=1S/C16H20ClN5O.ClH/c17-11-6-19-15-13(14(11)22-5-1-2-10(18)8-22)12(7-20-15)21-16(23)9-3-4-9;/h6-7,9-10H,1-5,8,18H2,(H,19,20)(H,21,23);1H/t10-;/m1./s1. The summed E-state index contributed by atoms with van der Waals surface area (Å²) in [7, 11) is 0. The molecule has 1 atom stereocenters. The third-order valence-corrected chi connectivity index (χ3v) is 4.89. The van der Waals surface area contributed by atoms with Gasteiger partial charge >= 0.3 is 0 Å². The van der Waals surface area contributed by atoms with E-state index in [0.29, 0.717) is 5.02 Å². The summed E-state index contributed by atoms with van der Waals surface area (Å²) in [6.07, 6.45) is 7.46. The molecular weight excluding hydrogens is 349 g/mol. The average molecular weight is 370 g/mol. The molecule has 2 fully saturated rings. The summed E-state index contributed by atoms with van der Waals surface area (Å²) in [4.78, 5) is 21.8. The number of fused-ring (bicyclic) bond motifs is 1. The summed E-state index contributed by atoms with van der Waals surface area (Å²) in [6.45, 7) is 1.67. The molecule has 2 aromatic heterocycles. The van der Waals surface area contributed by atoms with E-state index in [1.165, 1.54) is 0 Å². The first-order chi connectivity index (χ1) is 11.1. The highest BCUT2D eigenvalue weighted by Gasteiger charge is 2.31. The maximum atomic E-state index is 12.1. The fraction of sp³-hybridized carbons (Fsp3) is 0.500. The number of hydrogen-bond donors (Lipinski definition) is 3. The van der Waals surface area contributed by atoms with Crippen LogP contribution in [0.4, 0.5) is 11.4 Å². The highest BCUT2D eigenvalue weighted by molar-refractivity contribution is 6.35. The monoisotopic (exact) mass is 369 g/mol. The summed E-state index contributed by atoms with van der Waals surface area (Å²) in [5.74, 6) is 0.228. The number of amides is 1. The maximum Gasteiger partial charge on any atom is 0.227 e. The molecule has 0 bridgehead atoms. The van der Waals surface area contributed by atoms with Gasteiger partial charge in [-0.25, -0.2) is 4.98 Å². The van der Waals surface area contributed by atoms with Gasteiger partial charge in [-0.1, -0.05) is 11.6 Å². The van der Waals surface area contributed by atoms with Crippen molar-refractivity contribution in [3.05, 3.63) is 17.4 Å². The number of carbonyl (C=O) groups is 1.